The van der Waals surface area contributed by atoms with Gasteiger partial charge in [0, 0.05) is 5.92 Å². The van der Waals surface area contributed by atoms with Crippen LogP contribution in [0.1, 0.15) is 18.4 Å². The molecule has 0 aromatic heterocycles. The predicted octanol–water partition coefficient (Wildman–Crippen LogP) is 4.20. The van der Waals surface area contributed by atoms with E-state index in [0.29, 0.717) is 85.3 Å². The number of benzene rings is 4. The van der Waals surface area contributed by atoms with Gasteiger partial charge in [-0.25, -0.2) is 0 Å². The fourth-order valence-corrected chi connectivity index (χ4v) is 12.1. The molecule has 0 saturated heterocycles. The molecule has 0 bridgehead atoms. The average Bonchev–Trinajstić information content (AvgIpc) is 3.25. The quantitative estimate of drug-likeness (QED) is 0.0791. The third-order valence-electron chi connectivity index (χ3n) is 9.19. The maximum absolute atomic E-state index is 14.7. The number of hydrogen-bond donors (Lipinski definition) is 2. The second-order valence-corrected chi connectivity index (χ2v) is 15.9. The zero-order valence-electron chi connectivity index (χ0n) is 33.5. The van der Waals surface area contributed by atoms with Crippen molar-refractivity contribution in [1.29, 1.82) is 5.26 Å². The van der Waals surface area contributed by atoms with E-state index in [9.17, 15) is 9.59 Å². The van der Waals surface area contributed by atoms with Gasteiger partial charge >= 0.3 is 311 Å². The monoisotopic (exact) mass is 801 g/mol. The zero-order chi connectivity index (χ0) is 41.5. The first kappa shape index (κ1) is 43.2. The Kier molecular flexibility index (Phi) is 15.5. The molecule has 0 aliphatic rings. The van der Waals surface area contributed by atoms with Crippen LogP contribution < -0.4 is 69.2 Å². The van der Waals surface area contributed by atoms with Crippen molar-refractivity contribution in [3.63, 3.8) is 0 Å². The number of hydrogen-bond acceptors (Lipinski definition) is 12. The summed E-state index contributed by atoms with van der Waals surface area (Å²) < 4.78 is 53.6. The number of anilines is 1. The second kappa shape index (κ2) is 20.4. The molecule has 0 spiro atoms. The molecular formula is C42H48N3O11P. The average molecular weight is 802 g/mol. The minimum absolute atomic E-state index is 0.124. The standard InChI is InChI=1S/C42H48N3O11P/c1-48-29-20-32(51-4)40(33(21-29)52-5)57(41-34(53-6)22-30(49-2)23-35(41)54-7,42-36(55-8)24-31(50-3)25-37(42)56-9)26-39(47)44-19-11-13-38(46)45-28-16-14-27(15-17-28)12-10-18-43/h14-17,20-25,57H,11,13,19,26H2,1-9H3,(H,44,47)(H,45,46). The third kappa shape index (κ3) is 9.66. The Morgan fingerprint density at radius 3 is 1.30 bits per heavy atom. The fraction of sp³-hybridized carbons (Fsp3) is 0.310. The summed E-state index contributed by atoms with van der Waals surface area (Å²) in [5.74, 6) is 7.91. The Bertz CT molecular complexity index is 1930. The van der Waals surface area contributed by atoms with E-state index in [1.807, 2.05) is 0 Å². The van der Waals surface area contributed by atoms with Crippen molar-refractivity contribution in [3.8, 4) is 69.7 Å². The van der Waals surface area contributed by atoms with Gasteiger partial charge < -0.3 is 0 Å². The molecule has 0 heterocycles. The van der Waals surface area contributed by atoms with Gasteiger partial charge in [-0.1, -0.05) is 5.92 Å². The summed E-state index contributed by atoms with van der Waals surface area (Å²) in [5.41, 5.74) is 1.23. The first-order chi connectivity index (χ1) is 27.6. The number of nitriles is 1. The van der Waals surface area contributed by atoms with Gasteiger partial charge in [0.15, 0.2) is 6.07 Å². The molecular weight excluding hydrogens is 753 g/mol. The van der Waals surface area contributed by atoms with Crippen molar-refractivity contribution in [2.45, 2.75) is 12.8 Å². The van der Waals surface area contributed by atoms with Crippen molar-refractivity contribution in [1.82, 2.24) is 5.32 Å². The van der Waals surface area contributed by atoms with E-state index in [1.54, 1.807) is 66.7 Å². The first-order valence-corrected chi connectivity index (χ1v) is 19.8. The Labute approximate surface area is 333 Å². The van der Waals surface area contributed by atoms with Crippen molar-refractivity contribution in [2.24, 2.45) is 0 Å². The maximum atomic E-state index is 14.7. The number of methoxy groups -OCH3 is 9. The SMILES string of the molecule is COc1cc(OC)c([PH](CC(=O)NCCCC(=O)Nc2ccc(C#CC#N)cc2)(c2c(OC)cc(OC)cc2OC)c2c(OC)cc(OC)cc2OC)c(OC)c1. The van der Waals surface area contributed by atoms with Gasteiger partial charge in [0.2, 0.25) is 0 Å². The minimum atomic E-state index is -4.07. The van der Waals surface area contributed by atoms with Crippen LogP contribution in [-0.2, 0) is 9.59 Å². The van der Waals surface area contributed by atoms with Crippen LogP contribution in [0.5, 0.6) is 51.7 Å². The van der Waals surface area contributed by atoms with Crippen LogP contribution in [0.25, 0.3) is 0 Å². The summed E-state index contributed by atoms with van der Waals surface area (Å²) in [5, 5.41) is 16.1. The molecule has 302 valence electrons. The van der Waals surface area contributed by atoms with Crippen LogP contribution >= 0.6 is 7.26 Å². The van der Waals surface area contributed by atoms with E-state index >= 15 is 0 Å². The molecule has 15 heteroatoms. The Morgan fingerprint density at radius 2 is 0.965 bits per heavy atom. The molecule has 14 nitrogen and oxygen atoms in total. The summed E-state index contributed by atoms with van der Waals surface area (Å²) in [4.78, 5) is 27.5. The summed E-state index contributed by atoms with van der Waals surface area (Å²) in [7, 11) is 9.63. The van der Waals surface area contributed by atoms with Gasteiger partial charge in [-0.15, -0.1) is 0 Å². The molecule has 0 atom stereocenters. The van der Waals surface area contributed by atoms with Gasteiger partial charge in [0.05, 0.1) is 0 Å². The molecule has 2 N–H and O–H groups in total. The molecule has 57 heavy (non-hydrogen) atoms. The first-order valence-electron chi connectivity index (χ1n) is 17.6. The van der Waals surface area contributed by atoms with E-state index in [0.717, 1.165) is 0 Å². The number of nitrogens with one attached hydrogen (secondary N) is 2. The van der Waals surface area contributed by atoms with Crippen molar-refractivity contribution >= 4 is 40.7 Å². The predicted molar refractivity (Wildman–Crippen MR) is 220 cm³/mol. The summed E-state index contributed by atoms with van der Waals surface area (Å²) in [6, 6.07) is 18.9. The Balaban J connectivity index is 1.91. The van der Waals surface area contributed by atoms with E-state index in [-0.39, 0.29) is 30.9 Å². The molecule has 4 rings (SSSR count). The normalized spacial score (nSPS) is 10.7. The number of amides is 2. The van der Waals surface area contributed by atoms with E-state index in [1.165, 1.54) is 64.0 Å². The van der Waals surface area contributed by atoms with Crippen LogP contribution in [0.2, 0.25) is 0 Å². The van der Waals surface area contributed by atoms with E-state index in [4.69, 9.17) is 47.9 Å². The molecule has 0 radical (unpaired) electrons. The van der Waals surface area contributed by atoms with Crippen LogP contribution in [0.3, 0.4) is 0 Å². The van der Waals surface area contributed by atoms with Gasteiger partial charge in [0.25, 0.3) is 0 Å². The molecule has 0 fully saturated rings. The number of nitrogens with zero attached hydrogens (tertiary/aromatic N) is 1. The van der Waals surface area contributed by atoms with Crippen LogP contribution in [-0.4, -0.2) is 88.5 Å². The van der Waals surface area contributed by atoms with Crippen molar-refractivity contribution in [2.75, 3.05) is 82.0 Å². The van der Waals surface area contributed by atoms with Gasteiger partial charge in [-0.05, 0) is 0 Å². The number of rotatable bonds is 19. The Morgan fingerprint density at radius 1 is 0.579 bits per heavy atom. The summed E-state index contributed by atoms with van der Waals surface area (Å²) in [6.07, 6.45) is 0.272. The number of ether oxygens (including phenoxy) is 9. The van der Waals surface area contributed by atoms with Crippen molar-refractivity contribution in [3.05, 3.63) is 66.2 Å². The molecule has 4 aromatic rings. The van der Waals surface area contributed by atoms with Crippen molar-refractivity contribution < 1.29 is 52.2 Å². The van der Waals surface area contributed by atoms with Gasteiger partial charge in [0.1, 0.15) is 0 Å². The van der Waals surface area contributed by atoms with Gasteiger partial charge in [-0.2, -0.15) is 5.26 Å². The molecule has 2 amide bonds. The topological polar surface area (TPSA) is 165 Å². The van der Waals surface area contributed by atoms with Crippen LogP contribution in [0, 0.1) is 23.2 Å². The second-order valence-electron chi connectivity index (χ2n) is 12.2. The number of carbonyl (C=O) groups is 2. The summed E-state index contributed by atoms with van der Waals surface area (Å²) >= 11 is 0. The Hall–Kier alpha value is -6.50. The molecule has 4 aromatic carbocycles. The molecule has 0 aliphatic heterocycles. The fourth-order valence-electron chi connectivity index (χ4n) is 6.66. The van der Waals surface area contributed by atoms with E-state index in [2.05, 4.69) is 22.5 Å². The molecule has 0 aliphatic carbocycles. The van der Waals surface area contributed by atoms with Crippen LogP contribution in [0.15, 0.2) is 60.7 Å². The van der Waals surface area contributed by atoms with Gasteiger partial charge in [-0.3, -0.25) is 0 Å². The van der Waals surface area contributed by atoms with E-state index < -0.39 is 7.26 Å². The zero-order valence-corrected chi connectivity index (χ0v) is 34.5. The molecule has 0 saturated carbocycles. The third-order valence-corrected chi connectivity index (χ3v) is 14.1. The summed E-state index contributed by atoms with van der Waals surface area (Å²) in [6.45, 7) is 0.171. The number of carbonyl (C=O) groups excluding carboxylic acids is 2. The van der Waals surface area contributed by atoms with Crippen LogP contribution in [0.4, 0.5) is 5.69 Å². The molecule has 0 unspecified atom stereocenters.